The molecule has 0 N–H and O–H groups in total. The summed E-state index contributed by atoms with van der Waals surface area (Å²) in [4.78, 5) is 0.217. The van der Waals surface area contributed by atoms with E-state index in [-0.39, 0.29) is 23.9 Å². The van der Waals surface area contributed by atoms with Gasteiger partial charge in [0.25, 0.3) is 0 Å². The predicted octanol–water partition coefficient (Wildman–Crippen LogP) is 1.57. The van der Waals surface area contributed by atoms with E-state index in [9.17, 15) is 8.42 Å². The van der Waals surface area contributed by atoms with Crippen molar-refractivity contribution in [1.82, 2.24) is 4.31 Å². The van der Waals surface area contributed by atoms with Gasteiger partial charge in [-0.2, -0.15) is 4.31 Å². The SMILES string of the molecule is COCCN(CCCl)S(=O)(=O)c1ccc(OC)cc1. The molecule has 0 amide bonds. The summed E-state index contributed by atoms with van der Waals surface area (Å²) in [6.07, 6.45) is 0. The number of sulfonamides is 1. The van der Waals surface area contributed by atoms with Gasteiger partial charge in [-0.25, -0.2) is 8.42 Å². The highest BCUT2D eigenvalue weighted by Crippen LogP contribution is 2.19. The topological polar surface area (TPSA) is 55.8 Å². The van der Waals surface area contributed by atoms with Gasteiger partial charge in [0.2, 0.25) is 10.0 Å². The molecule has 1 rings (SSSR count). The van der Waals surface area contributed by atoms with E-state index in [0.717, 1.165) is 0 Å². The molecule has 0 fully saturated rings. The Kier molecular flexibility index (Phi) is 6.57. The molecule has 5 nitrogen and oxygen atoms in total. The Morgan fingerprint density at radius 1 is 1.16 bits per heavy atom. The Morgan fingerprint density at radius 2 is 1.79 bits per heavy atom. The van der Waals surface area contributed by atoms with Crippen LogP contribution in [0.5, 0.6) is 5.75 Å². The number of halogens is 1. The van der Waals surface area contributed by atoms with Gasteiger partial charge in [-0.15, -0.1) is 11.6 Å². The number of hydrogen-bond donors (Lipinski definition) is 0. The molecular weight excluding hydrogens is 290 g/mol. The highest BCUT2D eigenvalue weighted by molar-refractivity contribution is 7.89. The number of hydrogen-bond acceptors (Lipinski definition) is 4. The van der Waals surface area contributed by atoms with E-state index in [2.05, 4.69) is 0 Å². The molecule has 0 aliphatic rings. The fourth-order valence-corrected chi connectivity index (χ4v) is 3.27. The van der Waals surface area contributed by atoms with Gasteiger partial charge in [-0.1, -0.05) is 0 Å². The Bertz CT molecular complexity index is 475. The Morgan fingerprint density at radius 3 is 2.26 bits per heavy atom. The van der Waals surface area contributed by atoms with Crippen molar-refractivity contribution in [3.63, 3.8) is 0 Å². The van der Waals surface area contributed by atoms with E-state index in [4.69, 9.17) is 21.1 Å². The molecule has 0 saturated carbocycles. The van der Waals surface area contributed by atoms with Crippen LogP contribution >= 0.6 is 11.6 Å². The molecule has 1 aromatic rings. The molecule has 0 aliphatic carbocycles. The van der Waals surface area contributed by atoms with Gasteiger partial charge in [-0.3, -0.25) is 0 Å². The molecule has 0 atom stereocenters. The summed E-state index contributed by atoms with van der Waals surface area (Å²) in [6.45, 7) is 0.850. The third-order valence-corrected chi connectivity index (χ3v) is 4.66. The minimum atomic E-state index is -3.55. The van der Waals surface area contributed by atoms with Crippen molar-refractivity contribution in [2.45, 2.75) is 4.90 Å². The molecule has 0 heterocycles. The molecule has 108 valence electrons. The van der Waals surface area contributed by atoms with Crippen LogP contribution in [-0.4, -0.2) is 52.5 Å². The fourth-order valence-electron chi connectivity index (χ4n) is 1.54. The van der Waals surface area contributed by atoms with Crippen molar-refractivity contribution in [3.8, 4) is 5.75 Å². The second-order valence-electron chi connectivity index (χ2n) is 3.76. The van der Waals surface area contributed by atoms with Crippen LogP contribution in [0.1, 0.15) is 0 Å². The van der Waals surface area contributed by atoms with E-state index in [1.54, 1.807) is 12.1 Å². The largest absolute Gasteiger partial charge is 0.497 e. The normalized spacial score (nSPS) is 11.8. The first-order chi connectivity index (χ1) is 9.06. The predicted molar refractivity (Wildman–Crippen MR) is 74.3 cm³/mol. The molecule has 7 heteroatoms. The molecule has 0 bridgehead atoms. The minimum Gasteiger partial charge on any atom is -0.497 e. The standard InChI is InChI=1S/C12H18ClNO4S/c1-17-10-9-14(8-7-13)19(15,16)12-5-3-11(18-2)4-6-12/h3-6H,7-10H2,1-2H3. The van der Waals surface area contributed by atoms with Crippen LogP contribution in [0.4, 0.5) is 0 Å². The van der Waals surface area contributed by atoms with Crippen LogP contribution < -0.4 is 4.74 Å². The van der Waals surface area contributed by atoms with Gasteiger partial charge >= 0.3 is 0 Å². The van der Waals surface area contributed by atoms with E-state index < -0.39 is 10.0 Å². The van der Waals surface area contributed by atoms with E-state index >= 15 is 0 Å². The molecule has 0 radical (unpaired) electrons. The van der Waals surface area contributed by atoms with Crippen LogP contribution in [0.3, 0.4) is 0 Å². The van der Waals surface area contributed by atoms with E-state index in [0.29, 0.717) is 12.4 Å². The van der Waals surface area contributed by atoms with Crippen molar-refractivity contribution in [2.24, 2.45) is 0 Å². The Balaban J connectivity index is 2.96. The third kappa shape index (κ3) is 4.35. The number of alkyl halides is 1. The summed E-state index contributed by atoms with van der Waals surface area (Å²) in [5.74, 6) is 0.846. The number of nitrogens with zero attached hydrogens (tertiary/aromatic N) is 1. The number of rotatable bonds is 8. The molecule has 0 unspecified atom stereocenters. The lowest BCUT2D eigenvalue weighted by atomic mass is 10.3. The Hall–Kier alpha value is -0.820. The van der Waals surface area contributed by atoms with Crippen molar-refractivity contribution in [3.05, 3.63) is 24.3 Å². The van der Waals surface area contributed by atoms with Gasteiger partial charge in [0.05, 0.1) is 18.6 Å². The van der Waals surface area contributed by atoms with Crippen LogP contribution in [0.2, 0.25) is 0 Å². The number of methoxy groups -OCH3 is 2. The summed E-state index contributed by atoms with van der Waals surface area (Å²) in [5, 5.41) is 0. The molecule has 1 aromatic carbocycles. The number of benzene rings is 1. The second kappa shape index (κ2) is 7.69. The van der Waals surface area contributed by atoms with Crippen molar-refractivity contribution in [2.75, 3.05) is 39.8 Å². The maximum atomic E-state index is 12.4. The van der Waals surface area contributed by atoms with Gasteiger partial charge in [0.15, 0.2) is 0 Å². The minimum absolute atomic E-state index is 0.217. The maximum Gasteiger partial charge on any atom is 0.243 e. The molecule has 0 saturated heterocycles. The van der Waals surface area contributed by atoms with Crippen LogP contribution in [0.25, 0.3) is 0 Å². The van der Waals surface area contributed by atoms with E-state index in [1.165, 1.54) is 30.7 Å². The first-order valence-electron chi connectivity index (χ1n) is 5.75. The lowest BCUT2D eigenvalue weighted by Gasteiger charge is -2.20. The van der Waals surface area contributed by atoms with E-state index in [1.807, 2.05) is 0 Å². The lowest BCUT2D eigenvalue weighted by Crippen LogP contribution is -2.35. The summed E-state index contributed by atoms with van der Waals surface area (Å²) in [6, 6.07) is 6.26. The lowest BCUT2D eigenvalue weighted by molar-refractivity contribution is 0.180. The van der Waals surface area contributed by atoms with Crippen molar-refractivity contribution >= 4 is 21.6 Å². The summed E-state index contributed by atoms with van der Waals surface area (Å²) in [7, 11) is -0.491. The van der Waals surface area contributed by atoms with Crippen molar-refractivity contribution < 1.29 is 17.9 Å². The summed E-state index contributed by atoms with van der Waals surface area (Å²) >= 11 is 5.65. The third-order valence-electron chi connectivity index (χ3n) is 2.58. The summed E-state index contributed by atoms with van der Waals surface area (Å²) in [5.41, 5.74) is 0. The van der Waals surface area contributed by atoms with Crippen LogP contribution in [0, 0.1) is 0 Å². The van der Waals surface area contributed by atoms with Gasteiger partial charge in [-0.05, 0) is 24.3 Å². The van der Waals surface area contributed by atoms with Crippen molar-refractivity contribution in [1.29, 1.82) is 0 Å². The molecule has 0 spiro atoms. The first-order valence-corrected chi connectivity index (χ1v) is 7.72. The monoisotopic (exact) mass is 307 g/mol. The molecule has 19 heavy (non-hydrogen) atoms. The zero-order valence-corrected chi connectivity index (χ0v) is 12.6. The highest BCUT2D eigenvalue weighted by atomic mass is 35.5. The second-order valence-corrected chi connectivity index (χ2v) is 6.08. The number of ether oxygens (including phenoxy) is 2. The first kappa shape index (κ1) is 16.2. The van der Waals surface area contributed by atoms with Gasteiger partial charge in [0, 0.05) is 26.1 Å². The highest BCUT2D eigenvalue weighted by Gasteiger charge is 2.23. The van der Waals surface area contributed by atoms with Crippen LogP contribution in [0.15, 0.2) is 29.2 Å². The maximum absolute atomic E-state index is 12.4. The molecule has 0 aliphatic heterocycles. The summed E-state index contributed by atoms with van der Waals surface area (Å²) < 4.78 is 36.0. The molecular formula is C12H18ClNO4S. The molecule has 0 aromatic heterocycles. The zero-order valence-electron chi connectivity index (χ0n) is 11.0. The average Bonchev–Trinajstić information content (AvgIpc) is 2.43. The fraction of sp³-hybridized carbons (Fsp3) is 0.500. The Labute approximate surface area is 119 Å². The smallest absolute Gasteiger partial charge is 0.243 e. The average molecular weight is 308 g/mol. The zero-order chi connectivity index (χ0) is 14.3. The van der Waals surface area contributed by atoms with Gasteiger partial charge < -0.3 is 9.47 Å². The van der Waals surface area contributed by atoms with Gasteiger partial charge in [0.1, 0.15) is 5.75 Å². The van der Waals surface area contributed by atoms with Crippen LogP contribution in [-0.2, 0) is 14.8 Å². The quantitative estimate of drug-likeness (QED) is 0.684.